The average Bonchev–Trinajstić information content (AvgIpc) is 2.09. The number of carboxylic acid groups (broad SMARTS) is 1. The van der Waals surface area contributed by atoms with Crippen molar-refractivity contribution in [2.24, 2.45) is 5.92 Å². The minimum atomic E-state index is -0.807. The molecule has 1 heterocycles. The third-order valence-electron chi connectivity index (χ3n) is 4.23. The summed E-state index contributed by atoms with van der Waals surface area (Å²) in [6.45, 7) is 17.6. The van der Waals surface area contributed by atoms with Crippen LogP contribution in [0.5, 0.6) is 0 Å². The van der Waals surface area contributed by atoms with Crippen LogP contribution in [0.4, 0.5) is 0 Å². The molecular formula is C17H31NO2. The number of piperidine rings is 1. The van der Waals surface area contributed by atoms with E-state index in [4.69, 9.17) is 5.11 Å². The monoisotopic (exact) mass is 281 g/mol. The smallest absolute Gasteiger partial charge is 0.330 e. The van der Waals surface area contributed by atoms with Gasteiger partial charge in [-0.25, -0.2) is 4.79 Å². The van der Waals surface area contributed by atoms with Crippen LogP contribution in [0.3, 0.4) is 0 Å². The highest BCUT2D eigenvalue weighted by molar-refractivity contribution is 5.85. The lowest BCUT2D eigenvalue weighted by Crippen LogP contribution is -2.66. The summed E-state index contributed by atoms with van der Waals surface area (Å²) in [6.07, 6.45) is 3.95. The second-order valence-electron chi connectivity index (χ2n) is 8.45. The van der Waals surface area contributed by atoms with Crippen molar-refractivity contribution in [2.75, 3.05) is 0 Å². The minimum absolute atomic E-state index is 0.0555. The summed E-state index contributed by atoms with van der Waals surface area (Å²) in [4.78, 5) is 13.6. The lowest BCUT2D eigenvalue weighted by atomic mass is 9.70. The Kier molecular flexibility index (Phi) is 4.46. The van der Waals surface area contributed by atoms with E-state index in [1.165, 1.54) is 0 Å². The van der Waals surface area contributed by atoms with Crippen molar-refractivity contribution in [3.63, 3.8) is 0 Å². The SMILES string of the molecule is CC(=CC1CC(C)(C)N(C(C)(C)C)C(C)(C)C1)C(=O)O. The molecule has 0 bridgehead atoms. The van der Waals surface area contributed by atoms with Crippen LogP contribution in [0.15, 0.2) is 11.6 Å². The van der Waals surface area contributed by atoms with E-state index in [2.05, 4.69) is 53.4 Å². The maximum Gasteiger partial charge on any atom is 0.330 e. The van der Waals surface area contributed by atoms with Crippen LogP contribution in [0.2, 0.25) is 0 Å². The van der Waals surface area contributed by atoms with E-state index in [0.717, 1.165) is 12.8 Å². The van der Waals surface area contributed by atoms with Gasteiger partial charge in [0, 0.05) is 22.2 Å². The molecule has 0 aromatic rings. The fourth-order valence-electron chi connectivity index (χ4n) is 4.72. The van der Waals surface area contributed by atoms with E-state index in [-0.39, 0.29) is 16.6 Å². The van der Waals surface area contributed by atoms with Crippen molar-refractivity contribution in [1.82, 2.24) is 4.90 Å². The maximum absolute atomic E-state index is 11.0. The highest BCUT2D eigenvalue weighted by Crippen LogP contribution is 2.46. The van der Waals surface area contributed by atoms with Gasteiger partial charge in [-0.05, 0) is 74.1 Å². The van der Waals surface area contributed by atoms with E-state index < -0.39 is 5.97 Å². The first-order valence-corrected chi connectivity index (χ1v) is 7.49. The van der Waals surface area contributed by atoms with Crippen molar-refractivity contribution in [2.45, 2.75) is 84.8 Å². The largest absolute Gasteiger partial charge is 0.478 e. The number of allylic oxidation sites excluding steroid dienone is 1. The summed E-state index contributed by atoms with van der Waals surface area (Å²) in [5.41, 5.74) is 0.675. The molecule has 1 rings (SSSR count). The predicted octanol–water partition coefficient (Wildman–Crippen LogP) is 4.09. The van der Waals surface area contributed by atoms with Gasteiger partial charge in [0.05, 0.1) is 0 Å². The summed E-state index contributed by atoms with van der Waals surface area (Å²) in [6, 6.07) is 0. The van der Waals surface area contributed by atoms with Crippen molar-refractivity contribution in [3.8, 4) is 0 Å². The molecule has 0 aromatic carbocycles. The van der Waals surface area contributed by atoms with Gasteiger partial charge in [-0.2, -0.15) is 0 Å². The molecule has 20 heavy (non-hydrogen) atoms. The number of aliphatic carboxylic acids is 1. The Bertz CT molecular complexity index is 395. The van der Waals surface area contributed by atoms with Crippen LogP contribution in [-0.4, -0.2) is 32.6 Å². The Morgan fingerprint density at radius 1 is 1.15 bits per heavy atom. The number of carbonyl (C=O) groups is 1. The zero-order chi connectivity index (χ0) is 15.9. The van der Waals surface area contributed by atoms with E-state index in [9.17, 15) is 4.79 Å². The second-order valence-corrected chi connectivity index (χ2v) is 8.45. The van der Waals surface area contributed by atoms with Crippen LogP contribution in [-0.2, 0) is 4.79 Å². The molecule has 1 fully saturated rings. The zero-order valence-electron chi connectivity index (χ0n) is 14.4. The predicted molar refractivity (Wildman–Crippen MR) is 83.9 cm³/mol. The first-order valence-electron chi connectivity index (χ1n) is 7.49. The lowest BCUT2D eigenvalue weighted by Gasteiger charge is -2.60. The Labute approximate surface area is 124 Å². The van der Waals surface area contributed by atoms with Gasteiger partial charge in [-0.1, -0.05) is 6.08 Å². The van der Waals surface area contributed by atoms with Crippen LogP contribution in [0.1, 0.15) is 68.2 Å². The number of hydrogen-bond donors (Lipinski definition) is 1. The standard InChI is InChI=1S/C17H31NO2/c1-12(14(19)20)9-13-10-16(5,6)18(15(2,3)4)17(7,8)11-13/h9,13H,10-11H2,1-8H3,(H,19,20). The lowest BCUT2D eigenvalue weighted by molar-refractivity contribution is -0.132. The Hall–Kier alpha value is -0.830. The number of likely N-dealkylation sites (tertiary alicyclic amines) is 1. The Balaban J connectivity index is 3.11. The van der Waals surface area contributed by atoms with E-state index >= 15 is 0 Å². The maximum atomic E-state index is 11.0. The van der Waals surface area contributed by atoms with E-state index in [1.807, 2.05) is 6.08 Å². The van der Waals surface area contributed by atoms with Crippen LogP contribution < -0.4 is 0 Å². The van der Waals surface area contributed by atoms with E-state index in [1.54, 1.807) is 6.92 Å². The molecule has 0 radical (unpaired) electrons. The summed E-state index contributed by atoms with van der Waals surface area (Å²) >= 11 is 0. The zero-order valence-corrected chi connectivity index (χ0v) is 14.4. The van der Waals surface area contributed by atoms with Gasteiger partial charge in [-0.15, -0.1) is 0 Å². The quantitative estimate of drug-likeness (QED) is 0.775. The van der Waals surface area contributed by atoms with Gasteiger partial charge >= 0.3 is 5.97 Å². The molecule has 0 unspecified atom stereocenters. The molecule has 116 valence electrons. The first kappa shape index (κ1) is 17.2. The highest BCUT2D eigenvalue weighted by Gasteiger charge is 2.49. The fraction of sp³-hybridized carbons (Fsp3) is 0.824. The molecule has 3 heteroatoms. The minimum Gasteiger partial charge on any atom is -0.478 e. The Morgan fingerprint density at radius 3 is 1.85 bits per heavy atom. The second kappa shape index (κ2) is 5.18. The topological polar surface area (TPSA) is 40.5 Å². The molecule has 1 aliphatic rings. The summed E-state index contributed by atoms with van der Waals surface area (Å²) in [5.74, 6) is -0.478. The highest BCUT2D eigenvalue weighted by atomic mass is 16.4. The van der Waals surface area contributed by atoms with Gasteiger partial charge in [-0.3, -0.25) is 4.90 Å². The summed E-state index contributed by atoms with van der Waals surface area (Å²) < 4.78 is 0. The van der Waals surface area contributed by atoms with Crippen LogP contribution in [0.25, 0.3) is 0 Å². The number of rotatable bonds is 2. The fourth-order valence-corrected chi connectivity index (χ4v) is 4.72. The molecular weight excluding hydrogens is 250 g/mol. The molecule has 0 spiro atoms. The van der Waals surface area contributed by atoms with Gasteiger partial charge in [0.1, 0.15) is 0 Å². The van der Waals surface area contributed by atoms with Gasteiger partial charge < -0.3 is 5.11 Å². The molecule has 1 saturated heterocycles. The van der Waals surface area contributed by atoms with Crippen LogP contribution >= 0.6 is 0 Å². The van der Waals surface area contributed by atoms with Gasteiger partial charge in [0.2, 0.25) is 0 Å². The van der Waals surface area contributed by atoms with Crippen LogP contribution in [0, 0.1) is 5.92 Å². The number of carboxylic acids is 1. The molecule has 0 aromatic heterocycles. The third-order valence-corrected chi connectivity index (χ3v) is 4.23. The molecule has 0 atom stereocenters. The number of hydrogen-bond acceptors (Lipinski definition) is 2. The van der Waals surface area contributed by atoms with Crippen molar-refractivity contribution in [1.29, 1.82) is 0 Å². The van der Waals surface area contributed by atoms with Gasteiger partial charge in [0.25, 0.3) is 0 Å². The molecule has 0 aliphatic carbocycles. The van der Waals surface area contributed by atoms with Crippen molar-refractivity contribution in [3.05, 3.63) is 11.6 Å². The third kappa shape index (κ3) is 3.63. The molecule has 0 amide bonds. The summed E-state index contributed by atoms with van der Waals surface area (Å²) in [5, 5.41) is 9.08. The van der Waals surface area contributed by atoms with Crippen molar-refractivity contribution < 1.29 is 9.90 Å². The first-order chi connectivity index (χ1) is 8.77. The molecule has 0 saturated carbocycles. The van der Waals surface area contributed by atoms with E-state index in [0.29, 0.717) is 11.5 Å². The number of nitrogens with zero attached hydrogens (tertiary/aromatic N) is 1. The molecule has 1 N–H and O–H groups in total. The average molecular weight is 281 g/mol. The van der Waals surface area contributed by atoms with Gasteiger partial charge in [0.15, 0.2) is 0 Å². The van der Waals surface area contributed by atoms with Crippen molar-refractivity contribution >= 4 is 5.97 Å². The Morgan fingerprint density at radius 2 is 1.55 bits per heavy atom. The molecule has 1 aliphatic heterocycles. The normalized spacial score (nSPS) is 24.7. The summed E-state index contributed by atoms with van der Waals surface area (Å²) in [7, 11) is 0. The molecule has 3 nitrogen and oxygen atoms in total.